The van der Waals surface area contributed by atoms with Crippen molar-refractivity contribution in [3.63, 3.8) is 0 Å². The highest BCUT2D eigenvalue weighted by Gasteiger charge is 2.31. The summed E-state index contributed by atoms with van der Waals surface area (Å²) < 4.78 is 0. The highest BCUT2D eigenvalue weighted by atomic mass is 16.3. The van der Waals surface area contributed by atoms with E-state index in [1.807, 2.05) is 0 Å². The maximum Gasteiger partial charge on any atom is 0.317 e. The van der Waals surface area contributed by atoms with Gasteiger partial charge >= 0.3 is 6.03 Å². The molecule has 18 heavy (non-hydrogen) atoms. The van der Waals surface area contributed by atoms with Crippen LogP contribution in [0, 0.1) is 5.92 Å². The molecule has 4 nitrogen and oxygen atoms in total. The number of carbonyl (C=O) groups excluding carboxylic acids is 1. The van der Waals surface area contributed by atoms with Crippen LogP contribution in [0.2, 0.25) is 0 Å². The smallest absolute Gasteiger partial charge is 0.317 e. The van der Waals surface area contributed by atoms with Gasteiger partial charge in [-0.2, -0.15) is 0 Å². The first-order valence-corrected chi connectivity index (χ1v) is 7.46. The third kappa shape index (κ3) is 4.16. The summed E-state index contributed by atoms with van der Waals surface area (Å²) in [5, 5.41) is 11.9. The minimum Gasteiger partial charge on any atom is -0.395 e. The quantitative estimate of drug-likeness (QED) is 0.684. The molecule has 2 amide bonds. The molecular weight excluding hydrogens is 228 g/mol. The summed E-state index contributed by atoms with van der Waals surface area (Å²) in [5.74, 6) is 0.902. The first-order valence-electron chi connectivity index (χ1n) is 7.46. The average Bonchev–Trinajstić information content (AvgIpc) is 3.08. The van der Waals surface area contributed by atoms with Gasteiger partial charge in [-0.05, 0) is 31.6 Å². The van der Waals surface area contributed by atoms with Gasteiger partial charge in [-0.3, -0.25) is 0 Å². The Hall–Kier alpha value is -0.770. The standard InChI is InChI=1S/C14H26N2O2/c17-11-10-16(13-7-8-13)14(18)15-9-3-6-12-4-1-2-5-12/h12-13,17H,1-11H2,(H,15,18). The Morgan fingerprint density at radius 1 is 1.22 bits per heavy atom. The first kappa shape index (κ1) is 13.7. The number of aliphatic hydroxyl groups is 1. The highest BCUT2D eigenvalue weighted by molar-refractivity contribution is 5.74. The molecule has 0 saturated heterocycles. The third-order valence-corrected chi connectivity index (χ3v) is 4.13. The molecule has 2 rings (SSSR count). The van der Waals surface area contributed by atoms with E-state index in [1.165, 1.54) is 32.1 Å². The van der Waals surface area contributed by atoms with Crippen LogP contribution in [0.5, 0.6) is 0 Å². The average molecular weight is 254 g/mol. The molecule has 2 saturated carbocycles. The van der Waals surface area contributed by atoms with E-state index in [1.54, 1.807) is 4.90 Å². The molecule has 2 N–H and O–H groups in total. The summed E-state index contributed by atoms with van der Waals surface area (Å²) in [6, 6.07) is 0.393. The van der Waals surface area contributed by atoms with Crippen LogP contribution in [0.1, 0.15) is 51.4 Å². The van der Waals surface area contributed by atoms with Crippen LogP contribution in [0.15, 0.2) is 0 Å². The molecule has 0 aromatic carbocycles. The number of rotatable bonds is 7. The maximum absolute atomic E-state index is 11.9. The molecule has 0 atom stereocenters. The van der Waals surface area contributed by atoms with Crippen LogP contribution in [0.3, 0.4) is 0 Å². The first-order chi connectivity index (χ1) is 8.81. The lowest BCUT2D eigenvalue weighted by atomic mass is 10.0. The van der Waals surface area contributed by atoms with Gasteiger partial charge in [-0.1, -0.05) is 25.7 Å². The lowest BCUT2D eigenvalue weighted by Gasteiger charge is -2.22. The molecule has 0 heterocycles. The summed E-state index contributed by atoms with van der Waals surface area (Å²) >= 11 is 0. The van der Waals surface area contributed by atoms with E-state index in [0.29, 0.717) is 12.6 Å². The Labute approximate surface area is 110 Å². The van der Waals surface area contributed by atoms with Gasteiger partial charge in [-0.15, -0.1) is 0 Å². The number of aliphatic hydroxyl groups excluding tert-OH is 1. The zero-order valence-electron chi connectivity index (χ0n) is 11.2. The predicted molar refractivity (Wildman–Crippen MR) is 71.4 cm³/mol. The fourth-order valence-corrected chi connectivity index (χ4v) is 2.93. The number of amides is 2. The lowest BCUT2D eigenvalue weighted by molar-refractivity contribution is 0.173. The molecule has 104 valence electrons. The van der Waals surface area contributed by atoms with E-state index < -0.39 is 0 Å². The fourth-order valence-electron chi connectivity index (χ4n) is 2.93. The molecule has 0 spiro atoms. The van der Waals surface area contributed by atoms with Crippen molar-refractivity contribution in [1.29, 1.82) is 0 Å². The molecule has 0 aromatic rings. The topological polar surface area (TPSA) is 52.6 Å². The van der Waals surface area contributed by atoms with E-state index in [9.17, 15) is 4.79 Å². The number of urea groups is 1. The van der Waals surface area contributed by atoms with Gasteiger partial charge in [0.05, 0.1) is 6.61 Å². The second-order valence-corrected chi connectivity index (χ2v) is 5.67. The highest BCUT2D eigenvalue weighted by Crippen LogP contribution is 2.28. The van der Waals surface area contributed by atoms with E-state index in [4.69, 9.17) is 5.11 Å². The van der Waals surface area contributed by atoms with Crippen molar-refractivity contribution in [3.05, 3.63) is 0 Å². The van der Waals surface area contributed by atoms with Crippen molar-refractivity contribution in [1.82, 2.24) is 10.2 Å². The number of hydrogen-bond donors (Lipinski definition) is 2. The molecule has 4 heteroatoms. The minimum absolute atomic E-state index is 0.0120. The Kier molecular flexibility index (Phi) is 5.29. The largest absolute Gasteiger partial charge is 0.395 e. The van der Waals surface area contributed by atoms with E-state index >= 15 is 0 Å². The Morgan fingerprint density at radius 2 is 1.94 bits per heavy atom. The number of carbonyl (C=O) groups is 1. The van der Waals surface area contributed by atoms with Gasteiger partial charge in [-0.25, -0.2) is 4.79 Å². The number of nitrogens with zero attached hydrogens (tertiary/aromatic N) is 1. The Morgan fingerprint density at radius 3 is 2.56 bits per heavy atom. The van der Waals surface area contributed by atoms with E-state index in [0.717, 1.165) is 31.7 Å². The van der Waals surface area contributed by atoms with Gasteiger partial charge < -0.3 is 15.3 Å². The Balaban J connectivity index is 1.57. The molecular formula is C14H26N2O2. The van der Waals surface area contributed by atoms with Gasteiger partial charge in [0, 0.05) is 19.1 Å². The van der Waals surface area contributed by atoms with Crippen molar-refractivity contribution < 1.29 is 9.90 Å². The number of nitrogens with one attached hydrogen (secondary N) is 1. The van der Waals surface area contributed by atoms with E-state index in [-0.39, 0.29) is 12.6 Å². The minimum atomic E-state index is 0.0120. The third-order valence-electron chi connectivity index (χ3n) is 4.13. The SMILES string of the molecule is O=C(NCCCC1CCCC1)N(CCO)C1CC1. The Bertz CT molecular complexity index is 261. The monoisotopic (exact) mass is 254 g/mol. The molecule has 0 radical (unpaired) electrons. The van der Waals surface area contributed by atoms with Crippen molar-refractivity contribution in [2.75, 3.05) is 19.7 Å². The van der Waals surface area contributed by atoms with Crippen molar-refractivity contribution in [2.45, 2.75) is 57.4 Å². The summed E-state index contributed by atoms with van der Waals surface area (Å²) in [4.78, 5) is 13.7. The maximum atomic E-state index is 11.9. The van der Waals surface area contributed by atoms with Crippen molar-refractivity contribution in [2.24, 2.45) is 5.92 Å². The summed E-state index contributed by atoms with van der Waals surface area (Å²) in [6.45, 7) is 1.31. The zero-order chi connectivity index (χ0) is 12.8. The molecule has 0 unspecified atom stereocenters. The fraction of sp³-hybridized carbons (Fsp3) is 0.929. The van der Waals surface area contributed by atoms with Crippen molar-refractivity contribution >= 4 is 6.03 Å². The van der Waals surface area contributed by atoms with Crippen LogP contribution in [-0.4, -0.2) is 41.8 Å². The lowest BCUT2D eigenvalue weighted by Crippen LogP contribution is -2.43. The van der Waals surface area contributed by atoms with Crippen LogP contribution in [-0.2, 0) is 0 Å². The van der Waals surface area contributed by atoms with Crippen LogP contribution < -0.4 is 5.32 Å². The second kappa shape index (κ2) is 6.98. The molecule has 0 aliphatic heterocycles. The molecule has 0 bridgehead atoms. The van der Waals surface area contributed by atoms with Gasteiger partial charge in [0.25, 0.3) is 0 Å². The van der Waals surface area contributed by atoms with Gasteiger partial charge in [0.15, 0.2) is 0 Å². The molecule has 2 aliphatic carbocycles. The second-order valence-electron chi connectivity index (χ2n) is 5.67. The number of hydrogen-bond acceptors (Lipinski definition) is 2. The van der Waals surface area contributed by atoms with Crippen molar-refractivity contribution in [3.8, 4) is 0 Å². The molecule has 2 aliphatic rings. The van der Waals surface area contributed by atoms with Crippen LogP contribution in [0.4, 0.5) is 4.79 Å². The summed E-state index contributed by atoms with van der Waals surface area (Å²) in [5.41, 5.74) is 0. The summed E-state index contributed by atoms with van der Waals surface area (Å²) in [7, 11) is 0. The van der Waals surface area contributed by atoms with Gasteiger partial charge in [0.2, 0.25) is 0 Å². The zero-order valence-corrected chi connectivity index (χ0v) is 11.2. The predicted octanol–water partition coefficient (Wildman–Crippen LogP) is 2.12. The van der Waals surface area contributed by atoms with Crippen LogP contribution in [0.25, 0.3) is 0 Å². The van der Waals surface area contributed by atoms with Gasteiger partial charge in [0.1, 0.15) is 0 Å². The summed E-state index contributed by atoms with van der Waals surface area (Å²) in [6.07, 6.45) is 10.1. The normalized spacial score (nSPS) is 20.1. The molecule has 0 aromatic heterocycles. The molecule has 2 fully saturated rings. The van der Waals surface area contributed by atoms with Crippen LogP contribution >= 0.6 is 0 Å². The van der Waals surface area contributed by atoms with E-state index in [2.05, 4.69) is 5.32 Å².